The fourth-order valence-corrected chi connectivity index (χ4v) is 3.74. The molecule has 39 heavy (non-hydrogen) atoms. The highest BCUT2D eigenvalue weighted by molar-refractivity contribution is 5.90. The van der Waals surface area contributed by atoms with E-state index in [9.17, 15) is 19.7 Å². The lowest BCUT2D eigenvalue weighted by molar-refractivity contribution is -0.383. The lowest BCUT2D eigenvalue weighted by Gasteiger charge is -2.07. The van der Waals surface area contributed by atoms with E-state index in [4.69, 9.17) is 0 Å². The highest BCUT2D eigenvalue weighted by Gasteiger charge is 2.13. The highest BCUT2D eigenvalue weighted by atomic mass is 16.6. The molecule has 0 saturated carbocycles. The second kappa shape index (κ2) is 12.2. The number of carbonyl (C=O) groups is 2. The van der Waals surface area contributed by atoms with E-state index >= 15 is 0 Å². The Morgan fingerprint density at radius 3 is 1.97 bits per heavy atom. The average Bonchev–Trinajstić information content (AvgIpc) is 3.41. The summed E-state index contributed by atoms with van der Waals surface area (Å²) in [5.41, 5.74) is 4.92. The molecule has 5 rings (SSSR count). The third-order valence-electron chi connectivity index (χ3n) is 5.71. The second-order valence-corrected chi connectivity index (χ2v) is 8.11. The van der Waals surface area contributed by atoms with E-state index in [0.29, 0.717) is 22.5 Å². The van der Waals surface area contributed by atoms with Crippen LogP contribution in [0.5, 0.6) is 0 Å². The number of fused-ring (bicyclic) bond motifs is 1. The summed E-state index contributed by atoms with van der Waals surface area (Å²) >= 11 is 0. The van der Waals surface area contributed by atoms with Gasteiger partial charge < -0.3 is 14.8 Å². The van der Waals surface area contributed by atoms with Crippen molar-refractivity contribution in [2.24, 2.45) is 0 Å². The molecule has 4 aromatic carbocycles. The molecular weight excluding hydrogens is 500 g/mol. The van der Waals surface area contributed by atoms with E-state index in [-0.39, 0.29) is 11.7 Å². The van der Waals surface area contributed by atoms with Crippen LogP contribution in [0.3, 0.4) is 0 Å². The van der Waals surface area contributed by atoms with E-state index in [1.807, 2.05) is 41.0 Å². The molecule has 1 N–H and O–H groups in total. The number of aromatic nitrogens is 2. The number of anilines is 2. The van der Waals surface area contributed by atoms with Crippen molar-refractivity contribution in [2.75, 3.05) is 19.5 Å². The van der Waals surface area contributed by atoms with Gasteiger partial charge in [0.1, 0.15) is 12.0 Å². The van der Waals surface area contributed by atoms with Crippen LogP contribution in [0, 0.1) is 10.1 Å². The van der Waals surface area contributed by atoms with Gasteiger partial charge in [-0.3, -0.25) is 14.7 Å². The minimum Gasteiger partial charge on any atom is -0.465 e. The van der Waals surface area contributed by atoms with Crippen molar-refractivity contribution in [1.82, 2.24) is 9.55 Å². The number of ether oxygens (including phenoxy) is 2. The van der Waals surface area contributed by atoms with Crippen molar-refractivity contribution in [2.45, 2.75) is 0 Å². The topological polar surface area (TPSA) is 126 Å². The zero-order valence-corrected chi connectivity index (χ0v) is 21.1. The van der Waals surface area contributed by atoms with Crippen LogP contribution in [0.15, 0.2) is 103 Å². The Hall–Kier alpha value is -5.51. The summed E-state index contributed by atoms with van der Waals surface area (Å²) in [6.45, 7) is 0. The van der Waals surface area contributed by atoms with Gasteiger partial charge in [0, 0.05) is 17.4 Å². The lowest BCUT2D eigenvalue weighted by Crippen LogP contribution is -2.01. The number of esters is 2. The standard InChI is InChI=1S/C15H12N2O2.C14H12N2O4/c1-19-15(18)11-6-8-12(9-7-11)17-10-16-13-4-2-3-5-14(13)17;1-20-14(17)10-6-8-11(9-7-10)15-12-4-2-3-5-13(12)16(18)19/h2-10H,1H3;2-9,15H,1H3. The number of benzene rings is 4. The largest absolute Gasteiger partial charge is 0.465 e. The number of rotatable bonds is 6. The van der Waals surface area contributed by atoms with Crippen molar-refractivity contribution >= 4 is 40.0 Å². The fraction of sp³-hybridized carbons (Fsp3) is 0.0690. The van der Waals surface area contributed by atoms with Gasteiger partial charge in [0.05, 0.1) is 41.3 Å². The summed E-state index contributed by atoms with van der Waals surface area (Å²) in [4.78, 5) is 37.5. The number of carbonyl (C=O) groups excluding carboxylic acids is 2. The maximum Gasteiger partial charge on any atom is 0.337 e. The van der Waals surface area contributed by atoms with Crippen LogP contribution >= 0.6 is 0 Å². The molecule has 0 amide bonds. The lowest BCUT2D eigenvalue weighted by atomic mass is 10.2. The zero-order valence-electron chi connectivity index (χ0n) is 21.1. The van der Waals surface area contributed by atoms with Gasteiger partial charge in [-0.1, -0.05) is 24.3 Å². The Morgan fingerprint density at radius 1 is 0.795 bits per heavy atom. The number of nitro benzene ring substituents is 1. The quantitative estimate of drug-likeness (QED) is 0.164. The molecule has 196 valence electrons. The van der Waals surface area contributed by atoms with E-state index in [0.717, 1.165) is 16.7 Å². The molecule has 5 aromatic rings. The Bertz CT molecular complexity index is 1610. The predicted molar refractivity (Wildman–Crippen MR) is 147 cm³/mol. The smallest absolute Gasteiger partial charge is 0.337 e. The molecule has 0 fully saturated rings. The van der Waals surface area contributed by atoms with Gasteiger partial charge in [0.25, 0.3) is 5.69 Å². The van der Waals surface area contributed by atoms with Gasteiger partial charge in [-0.2, -0.15) is 0 Å². The summed E-state index contributed by atoms with van der Waals surface area (Å²) in [6.07, 6.45) is 1.78. The average molecular weight is 525 g/mol. The number of imidazole rings is 1. The molecule has 0 unspecified atom stereocenters. The molecule has 10 heteroatoms. The van der Waals surface area contributed by atoms with Crippen LogP contribution in [0.25, 0.3) is 16.7 Å². The van der Waals surface area contributed by atoms with Crippen LogP contribution in [0.4, 0.5) is 17.1 Å². The van der Waals surface area contributed by atoms with Crippen LogP contribution < -0.4 is 5.32 Å². The first-order valence-electron chi connectivity index (χ1n) is 11.7. The molecule has 0 bridgehead atoms. The number of methoxy groups -OCH3 is 2. The van der Waals surface area contributed by atoms with Gasteiger partial charge >= 0.3 is 11.9 Å². The van der Waals surface area contributed by atoms with E-state index < -0.39 is 10.9 Å². The summed E-state index contributed by atoms with van der Waals surface area (Å²) in [5.74, 6) is -0.760. The van der Waals surface area contributed by atoms with Gasteiger partial charge in [0.2, 0.25) is 0 Å². The number of para-hydroxylation sites is 4. The Labute approximate surface area is 223 Å². The molecule has 0 saturated heterocycles. The van der Waals surface area contributed by atoms with Crippen LogP contribution in [0.2, 0.25) is 0 Å². The second-order valence-electron chi connectivity index (χ2n) is 8.11. The fourth-order valence-electron chi connectivity index (χ4n) is 3.74. The molecule has 0 atom stereocenters. The van der Waals surface area contributed by atoms with Crippen molar-refractivity contribution in [1.29, 1.82) is 0 Å². The first kappa shape index (κ1) is 26.6. The maximum atomic E-state index is 11.4. The molecule has 10 nitrogen and oxygen atoms in total. The third-order valence-corrected chi connectivity index (χ3v) is 5.71. The maximum absolute atomic E-state index is 11.4. The van der Waals surface area contributed by atoms with Crippen LogP contribution in [0.1, 0.15) is 20.7 Å². The minimum absolute atomic E-state index is 0.00968. The van der Waals surface area contributed by atoms with Crippen LogP contribution in [-0.4, -0.2) is 40.6 Å². The first-order chi connectivity index (χ1) is 18.9. The number of nitro groups is 1. The van der Waals surface area contributed by atoms with E-state index in [2.05, 4.69) is 19.8 Å². The third kappa shape index (κ3) is 6.25. The van der Waals surface area contributed by atoms with Gasteiger partial charge in [-0.05, 0) is 66.7 Å². The Morgan fingerprint density at radius 2 is 1.36 bits per heavy atom. The summed E-state index contributed by atoms with van der Waals surface area (Å²) in [6, 6.07) is 28.0. The molecule has 1 heterocycles. The molecule has 0 spiro atoms. The molecule has 1 aromatic heterocycles. The van der Waals surface area contributed by atoms with Gasteiger partial charge in [-0.25, -0.2) is 14.6 Å². The summed E-state index contributed by atoms with van der Waals surface area (Å²) in [5, 5.41) is 13.8. The van der Waals surface area contributed by atoms with Crippen molar-refractivity contribution < 1.29 is 24.0 Å². The SMILES string of the molecule is COC(=O)c1ccc(-n2cnc3ccccc32)cc1.COC(=O)c1ccc(Nc2ccccc2[N+](=O)[O-])cc1. The van der Waals surface area contributed by atoms with Gasteiger partial charge in [0.15, 0.2) is 0 Å². The number of nitrogens with zero attached hydrogens (tertiary/aromatic N) is 3. The molecule has 0 aliphatic rings. The Kier molecular flexibility index (Phi) is 8.27. The van der Waals surface area contributed by atoms with Crippen molar-refractivity contribution in [3.05, 3.63) is 125 Å². The number of hydrogen-bond donors (Lipinski definition) is 1. The Balaban J connectivity index is 0.000000181. The van der Waals surface area contributed by atoms with E-state index in [1.54, 1.807) is 60.9 Å². The highest BCUT2D eigenvalue weighted by Crippen LogP contribution is 2.27. The molecular formula is C29H24N4O6. The molecule has 0 radical (unpaired) electrons. The zero-order chi connectivity index (χ0) is 27.8. The van der Waals surface area contributed by atoms with Crippen molar-refractivity contribution in [3.8, 4) is 5.69 Å². The summed E-state index contributed by atoms with van der Waals surface area (Å²) in [7, 11) is 2.68. The van der Waals surface area contributed by atoms with Gasteiger partial charge in [-0.15, -0.1) is 0 Å². The van der Waals surface area contributed by atoms with Crippen molar-refractivity contribution in [3.63, 3.8) is 0 Å². The number of hydrogen-bond acceptors (Lipinski definition) is 8. The molecule has 0 aliphatic heterocycles. The van der Waals surface area contributed by atoms with E-state index in [1.165, 1.54) is 20.3 Å². The van der Waals surface area contributed by atoms with Crippen LogP contribution in [-0.2, 0) is 9.47 Å². The monoisotopic (exact) mass is 524 g/mol. The minimum atomic E-state index is -0.453. The number of nitrogens with one attached hydrogen (secondary N) is 1. The first-order valence-corrected chi connectivity index (χ1v) is 11.7. The molecule has 0 aliphatic carbocycles. The summed E-state index contributed by atoms with van der Waals surface area (Å²) < 4.78 is 11.3. The normalized spacial score (nSPS) is 10.2. The predicted octanol–water partition coefficient (Wildman–Crippen LogP) is 5.94.